The molecule has 0 aliphatic carbocycles. The molecule has 1 amide bonds. The molecule has 2 N–H and O–H groups in total. The van der Waals surface area contributed by atoms with Crippen LogP contribution in [0.2, 0.25) is 0 Å². The van der Waals surface area contributed by atoms with Gasteiger partial charge in [0.1, 0.15) is 0 Å². The lowest BCUT2D eigenvalue weighted by molar-refractivity contribution is -0.137. The van der Waals surface area contributed by atoms with Crippen LogP contribution in [-0.4, -0.2) is 21.2 Å². The van der Waals surface area contributed by atoms with Crippen molar-refractivity contribution in [2.45, 2.75) is 42.8 Å². The summed E-state index contributed by atoms with van der Waals surface area (Å²) >= 11 is 0. The molecule has 0 aliphatic rings. The van der Waals surface area contributed by atoms with Crippen molar-refractivity contribution in [2.75, 3.05) is 5.32 Å². The van der Waals surface area contributed by atoms with Gasteiger partial charge in [-0.15, -0.1) is 0 Å². The van der Waals surface area contributed by atoms with Gasteiger partial charge in [-0.3, -0.25) is 13.8 Å². The Morgan fingerprint density at radius 1 is 0.917 bits per heavy atom. The minimum atomic E-state index is -1.22. The molecule has 4 rings (SSSR count). The minimum absolute atomic E-state index is 0.0551. The molecule has 4 aromatic rings. The average Bonchev–Trinajstić information content (AvgIpc) is 2.89. The summed E-state index contributed by atoms with van der Waals surface area (Å²) in [6.45, 7) is 1.88. The second kappa shape index (κ2) is 11.8. The van der Waals surface area contributed by atoms with Crippen molar-refractivity contribution < 1.29 is 18.9 Å². The molecule has 2 unspecified atom stereocenters. The van der Waals surface area contributed by atoms with Gasteiger partial charge >= 0.3 is 5.97 Å². The molecule has 0 saturated carbocycles. The van der Waals surface area contributed by atoms with Gasteiger partial charge in [0.15, 0.2) is 0 Å². The number of nitrogens with one attached hydrogen (secondary N) is 1. The van der Waals surface area contributed by atoms with Gasteiger partial charge < -0.3 is 10.4 Å². The number of carbonyl (C=O) groups is 2. The number of benzene rings is 4. The molecule has 0 heterocycles. The number of aryl methyl sites for hydroxylation is 1. The average molecular weight is 500 g/mol. The Labute approximate surface area is 213 Å². The van der Waals surface area contributed by atoms with Gasteiger partial charge in [-0.25, -0.2) is 0 Å². The molecule has 0 aromatic heterocycles. The van der Waals surface area contributed by atoms with E-state index in [-0.39, 0.29) is 12.3 Å². The van der Waals surface area contributed by atoms with E-state index in [0.717, 1.165) is 32.4 Å². The normalized spacial score (nSPS) is 12.7. The Hall–Kier alpha value is -3.77. The topological polar surface area (TPSA) is 83.5 Å². The summed E-state index contributed by atoms with van der Waals surface area (Å²) in [7, 11) is -1.22. The summed E-state index contributed by atoms with van der Waals surface area (Å²) in [6.07, 6.45) is 1.04. The number of hydrogen-bond acceptors (Lipinski definition) is 3. The maximum atomic E-state index is 13.4. The third-order valence-electron chi connectivity index (χ3n) is 6.26. The first kappa shape index (κ1) is 25.3. The number of amides is 1. The van der Waals surface area contributed by atoms with Crippen LogP contribution in [-0.2, 0) is 32.6 Å². The van der Waals surface area contributed by atoms with Crippen LogP contribution in [0.3, 0.4) is 0 Å². The molecule has 0 saturated heterocycles. The number of anilines is 1. The van der Waals surface area contributed by atoms with Crippen LogP contribution in [0.5, 0.6) is 0 Å². The molecule has 0 fully saturated rings. The molecule has 2 atom stereocenters. The van der Waals surface area contributed by atoms with Gasteiger partial charge in [-0.1, -0.05) is 72.8 Å². The lowest BCUT2D eigenvalue weighted by Gasteiger charge is -2.18. The molecule has 5 nitrogen and oxygen atoms in total. The summed E-state index contributed by atoms with van der Waals surface area (Å²) in [4.78, 5) is 25.1. The highest BCUT2D eigenvalue weighted by Gasteiger charge is 2.19. The predicted molar refractivity (Wildman–Crippen MR) is 145 cm³/mol. The predicted octanol–water partition coefficient (Wildman–Crippen LogP) is 6.30. The van der Waals surface area contributed by atoms with Crippen molar-refractivity contribution in [2.24, 2.45) is 0 Å². The molecule has 36 heavy (non-hydrogen) atoms. The van der Waals surface area contributed by atoms with Crippen LogP contribution < -0.4 is 5.32 Å². The SMILES string of the molecule is CC(C(=O)Nc1cc(CS(=O)c2ccccc2)ccc1CCCC(=O)O)c1cccc2ccccc12. The fraction of sp³-hybridized carbons (Fsp3) is 0.200. The van der Waals surface area contributed by atoms with Crippen molar-refractivity contribution in [3.05, 3.63) is 108 Å². The van der Waals surface area contributed by atoms with Gasteiger partial charge in [0.05, 0.1) is 22.5 Å². The number of hydrogen-bond donors (Lipinski definition) is 2. The zero-order valence-electron chi connectivity index (χ0n) is 20.1. The van der Waals surface area contributed by atoms with Crippen LogP contribution >= 0.6 is 0 Å². The van der Waals surface area contributed by atoms with Gasteiger partial charge in [0.25, 0.3) is 0 Å². The van der Waals surface area contributed by atoms with E-state index in [1.54, 1.807) is 0 Å². The van der Waals surface area contributed by atoms with E-state index < -0.39 is 22.7 Å². The molecule has 0 radical (unpaired) electrons. The number of carboxylic acids is 1. The van der Waals surface area contributed by atoms with Crippen LogP contribution in [0.15, 0.2) is 95.9 Å². The monoisotopic (exact) mass is 499 g/mol. The van der Waals surface area contributed by atoms with Gasteiger partial charge in [0, 0.05) is 17.0 Å². The summed E-state index contributed by atoms with van der Waals surface area (Å²) in [5.74, 6) is -1.07. The van der Waals surface area contributed by atoms with E-state index >= 15 is 0 Å². The quantitative estimate of drug-likeness (QED) is 0.268. The third-order valence-corrected chi connectivity index (χ3v) is 7.65. The molecule has 0 spiro atoms. The molecule has 4 aromatic carbocycles. The Kier molecular flexibility index (Phi) is 8.28. The number of fused-ring (bicyclic) bond motifs is 1. The zero-order chi connectivity index (χ0) is 25.5. The number of carbonyl (C=O) groups excluding carboxylic acids is 1. The molecule has 0 bridgehead atoms. The maximum absolute atomic E-state index is 13.4. The van der Waals surface area contributed by atoms with Crippen LogP contribution in [0, 0.1) is 0 Å². The lowest BCUT2D eigenvalue weighted by Crippen LogP contribution is -2.20. The van der Waals surface area contributed by atoms with Gasteiger partial charge in [0.2, 0.25) is 5.91 Å². The van der Waals surface area contributed by atoms with Crippen molar-refractivity contribution in [1.82, 2.24) is 0 Å². The minimum Gasteiger partial charge on any atom is -0.481 e. The summed E-state index contributed by atoms with van der Waals surface area (Å²) in [6, 6.07) is 28.9. The largest absolute Gasteiger partial charge is 0.481 e. The fourth-order valence-electron chi connectivity index (χ4n) is 4.30. The van der Waals surface area contributed by atoms with Crippen LogP contribution in [0.1, 0.15) is 42.4 Å². The Morgan fingerprint density at radius 2 is 1.64 bits per heavy atom. The highest BCUT2D eigenvalue weighted by molar-refractivity contribution is 7.84. The summed E-state index contributed by atoms with van der Waals surface area (Å²) in [5, 5.41) is 14.2. The smallest absolute Gasteiger partial charge is 0.303 e. The van der Waals surface area contributed by atoms with Crippen molar-refractivity contribution in [3.63, 3.8) is 0 Å². The van der Waals surface area contributed by atoms with Gasteiger partial charge in [-0.05, 0) is 65.4 Å². The number of carboxylic acid groups (broad SMARTS) is 1. The van der Waals surface area contributed by atoms with Gasteiger partial charge in [-0.2, -0.15) is 0 Å². The van der Waals surface area contributed by atoms with E-state index in [0.29, 0.717) is 24.3 Å². The molecular weight excluding hydrogens is 470 g/mol. The first-order valence-electron chi connectivity index (χ1n) is 12.0. The van der Waals surface area contributed by atoms with Crippen LogP contribution in [0.25, 0.3) is 10.8 Å². The van der Waals surface area contributed by atoms with E-state index in [9.17, 15) is 13.8 Å². The van der Waals surface area contributed by atoms with E-state index in [1.807, 2.05) is 97.9 Å². The van der Waals surface area contributed by atoms with Crippen molar-refractivity contribution >= 4 is 39.1 Å². The summed E-state index contributed by atoms with van der Waals surface area (Å²) in [5.41, 5.74) is 3.29. The Bertz CT molecular complexity index is 1400. The summed E-state index contributed by atoms with van der Waals surface area (Å²) < 4.78 is 12.9. The molecular formula is C30H29NO4S. The fourth-order valence-corrected chi connectivity index (χ4v) is 5.40. The third kappa shape index (κ3) is 6.26. The second-order valence-corrected chi connectivity index (χ2v) is 10.3. The maximum Gasteiger partial charge on any atom is 0.303 e. The Balaban J connectivity index is 1.58. The Morgan fingerprint density at radius 3 is 2.42 bits per heavy atom. The number of rotatable bonds is 10. The molecule has 6 heteroatoms. The van der Waals surface area contributed by atoms with E-state index in [1.165, 1.54) is 0 Å². The van der Waals surface area contributed by atoms with Crippen molar-refractivity contribution in [1.29, 1.82) is 0 Å². The van der Waals surface area contributed by atoms with E-state index in [2.05, 4.69) is 5.32 Å². The highest BCUT2D eigenvalue weighted by atomic mass is 32.2. The molecule has 184 valence electrons. The standard InChI is InChI=1S/C30H29NO4S/c1-21(26-15-7-10-23-9-5-6-14-27(23)26)30(34)31-28-19-22(17-18-24(28)11-8-16-29(32)33)20-36(35)25-12-3-2-4-13-25/h2-7,9-10,12-15,17-19,21H,8,11,16,20H2,1H3,(H,31,34)(H,32,33). The molecule has 0 aliphatic heterocycles. The van der Waals surface area contributed by atoms with Crippen LogP contribution in [0.4, 0.5) is 5.69 Å². The lowest BCUT2D eigenvalue weighted by atomic mass is 9.94. The number of aliphatic carboxylic acids is 1. The van der Waals surface area contributed by atoms with Crippen molar-refractivity contribution in [3.8, 4) is 0 Å². The second-order valence-electron chi connectivity index (χ2n) is 8.82. The van der Waals surface area contributed by atoms with E-state index in [4.69, 9.17) is 5.11 Å². The first-order chi connectivity index (χ1) is 17.4. The first-order valence-corrected chi connectivity index (χ1v) is 13.3. The zero-order valence-corrected chi connectivity index (χ0v) is 21.0. The highest BCUT2D eigenvalue weighted by Crippen LogP contribution is 2.28.